The lowest BCUT2D eigenvalue weighted by Gasteiger charge is -2.30. The van der Waals surface area contributed by atoms with Crippen LogP contribution in [-0.4, -0.2) is 48.1 Å². The van der Waals surface area contributed by atoms with Crippen LogP contribution in [0.1, 0.15) is 42.9 Å². The van der Waals surface area contributed by atoms with E-state index < -0.39 is 0 Å². The Bertz CT molecular complexity index is 953. The summed E-state index contributed by atoms with van der Waals surface area (Å²) < 4.78 is 5.34. The Kier molecular flexibility index (Phi) is 5.84. The zero-order chi connectivity index (χ0) is 21.1. The number of ether oxygens (including phenoxy) is 1. The fourth-order valence-corrected chi connectivity index (χ4v) is 3.97. The van der Waals surface area contributed by atoms with Gasteiger partial charge in [-0.15, -0.1) is 0 Å². The minimum atomic E-state index is -0.188. The molecule has 2 aromatic rings. The van der Waals surface area contributed by atoms with Crippen LogP contribution < -0.4 is 4.74 Å². The van der Waals surface area contributed by atoms with Crippen molar-refractivity contribution in [1.82, 2.24) is 9.91 Å². The lowest BCUT2D eigenvalue weighted by Crippen LogP contribution is -2.42. The highest BCUT2D eigenvalue weighted by Crippen LogP contribution is 2.34. The number of methoxy groups -OCH3 is 1. The molecule has 0 radical (unpaired) electrons. The first-order valence-electron chi connectivity index (χ1n) is 10.4. The van der Waals surface area contributed by atoms with Gasteiger partial charge in [0.1, 0.15) is 12.3 Å². The topological polar surface area (TPSA) is 62.2 Å². The van der Waals surface area contributed by atoms with Gasteiger partial charge in [-0.1, -0.05) is 48.9 Å². The third kappa shape index (κ3) is 4.08. The number of benzene rings is 2. The number of nitrogens with zero attached hydrogens (tertiary/aromatic N) is 3. The molecule has 1 aliphatic heterocycles. The Hall–Kier alpha value is -3.15. The van der Waals surface area contributed by atoms with E-state index >= 15 is 0 Å². The van der Waals surface area contributed by atoms with Crippen LogP contribution in [0.3, 0.4) is 0 Å². The molecular weight excluding hydrogens is 378 g/mol. The summed E-state index contributed by atoms with van der Waals surface area (Å²) in [5.41, 5.74) is 2.80. The lowest BCUT2D eigenvalue weighted by atomic mass is 9.84. The molecule has 6 heteroatoms. The van der Waals surface area contributed by atoms with Crippen LogP contribution in [0, 0.1) is 5.92 Å². The number of carbonyl (C=O) groups is 2. The predicted molar refractivity (Wildman–Crippen MR) is 115 cm³/mol. The predicted octanol–water partition coefficient (Wildman–Crippen LogP) is 3.63. The average molecular weight is 405 g/mol. The first-order valence-corrected chi connectivity index (χ1v) is 10.4. The Morgan fingerprint density at radius 1 is 1.13 bits per heavy atom. The van der Waals surface area contributed by atoms with Crippen LogP contribution in [0.15, 0.2) is 59.7 Å². The molecule has 30 heavy (non-hydrogen) atoms. The lowest BCUT2D eigenvalue weighted by molar-refractivity contribution is -0.144. The normalized spacial score (nSPS) is 18.5. The Morgan fingerprint density at radius 2 is 1.90 bits per heavy atom. The van der Waals surface area contributed by atoms with E-state index in [0.29, 0.717) is 6.42 Å². The first kappa shape index (κ1) is 20.1. The van der Waals surface area contributed by atoms with E-state index in [-0.39, 0.29) is 30.3 Å². The monoisotopic (exact) mass is 405 g/mol. The van der Waals surface area contributed by atoms with Gasteiger partial charge in [-0.3, -0.25) is 9.59 Å². The Balaban J connectivity index is 1.58. The maximum absolute atomic E-state index is 13.2. The molecule has 1 saturated carbocycles. The molecule has 0 N–H and O–H groups in total. The summed E-state index contributed by atoms with van der Waals surface area (Å²) in [6.07, 6.45) is 3.55. The van der Waals surface area contributed by atoms with Crippen molar-refractivity contribution in [2.45, 2.75) is 31.7 Å². The second-order valence-electron chi connectivity index (χ2n) is 7.97. The summed E-state index contributed by atoms with van der Waals surface area (Å²) in [7, 11) is 3.34. The second-order valence-corrected chi connectivity index (χ2v) is 7.97. The van der Waals surface area contributed by atoms with E-state index in [1.807, 2.05) is 54.6 Å². The van der Waals surface area contributed by atoms with Gasteiger partial charge in [0.05, 0.1) is 18.9 Å². The molecule has 0 saturated heterocycles. The van der Waals surface area contributed by atoms with Gasteiger partial charge in [-0.25, -0.2) is 5.01 Å². The minimum Gasteiger partial charge on any atom is -0.497 e. The summed E-state index contributed by atoms with van der Waals surface area (Å²) in [5, 5.41) is 6.24. The van der Waals surface area contributed by atoms with Crippen molar-refractivity contribution < 1.29 is 14.3 Å². The smallest absolute Gasteiger partial charge is 0.262 e. The van der Waals surface area contributed by atoms with E-state index in [9.17, 15) is 9.59 Å². The number of carbonyl (C=O) groups excluding carboxylic acids is 2. The Morgan fingerprint density at radius 3 is 2.57 bits per heavy atom. The number of hydrazone groups is 1. The summed E-state index contributed by atoms with van der Waals surface area (Å²) in [4.78, 5) is 27.2. The van der Waals surface area contributed by atoms with Crippen molar-refractivity contribution in [1.29, 1.82) is 0 Å². The molecule has 1 atom stereocenters. The maximum Gasteiger partial charge on any atom is 0.262 e. The maximum atomic E-state index is 13.2. The Labute approximate surface area is 177 Å². The van der Waals surface area contributed by atoms with Crippen molar-refractivity contribution in [2.75, 3.05) is 20.7 Å². The molecule has 0 unspecified atom stereocenters. The summed E-state index contributed by atoms with van der Waals surface area (Å²) in [6.45, 7) is 0.0353. The van der Waals surface area contributed by atoms with Crippen molar-refractivity contribution in [3.8, 4) is 5.75 Å². The fraction of sp³-hybridized carbons (Fsp3) is 0.375. The zero-order valence-corrected chi connectivity index (χ0v) is 17.5. The van der Waals surface area contributed by atoms with Crippen LogP contribution in [0.5, 0.6) is 5.75 Å². The largest absolute Gasteiger partial charge is 0.497 e. The highest BCUT2D eigenvalue weighted by Gasteiger charge is 2.35. The summed E-state index contributed by atoms with van der Waals surface area (Å²) >= 11 is 0. The van der Waals surface area contributed by atoms with Crippen LogP contribution in [0.2, 0.25) is 0 Å². The van der Waals surface area contributed by atoms with Crippen molar-refractivity contribution >= 4 is 17.5 Å². The van der Waals surface area contributed by atoms with Crippen LogP contribution in [0.4, 0.5) is 0 Å². The van der Waals surface area contributed by atoms with Gasteiger partial charge in [-0.2, -0.15) is 5.10 Å². The van der Waals surface area contributed by atoms with E-state index in [0.717, 1.165) is 41.9 Å². The van der Waals surface area contributed by atoms with Gasteiger partial charge in [0.15, 0.2) is 0 Å². The molecule has 4 rings (SSSR count). The molecule has 0 aromatic heterocycles. The molecule has 1 heterocycles. The van der Waals surface area contributed by atoms with Crippen molar-refractivity contribution in [3.05, 3.63) is 65.7 Å². The van der Waals surface area contributed by atoms with Gasteiger partial charge in [0, 0.05) is 24.9 Å². The van der Waals surface area contributed by atoms with Crippen LogP contribution in [0.25, 0.3) is 0 Å². The molecule has 1 fully saturated rings. The van der Waals surface area contributed by atoms with Gasteiger partial charge in [0.2, 0.25) is 5.91 Å². The fourth-order valence-electron chi connectivity index (χ4n) is 3.97. The highest BCUT2D eigenvalue weighted by molar-refractivity contribution is 6.03. The number of rotatable bonds is 6. The summed E-state index contributed by atoms with van der Waals surface area (Å²) in [6, 6.07) is 17.4. The number of amides is 2. The molecular formula is C24H27N3O3. The number of likely N-dealkylation sites (N-methyl/N-ethyl adjacent to an activating group) is 1. The van der Waals surface area contributed by atoms with Crippen LogP contribution in [-0.2, 0) is 9.59 Å². The number of hydrogen-bond donors (Lipinski definition) is 0. The van der Waals surface area contributed by atoms with E-state index in [1.54, 1.807) is 24.1 Å². The van der Waals surface area contributed by atoms with Gasteiger partial charge in [0.25, 0.3) is 5.91 Å². The molecule has 2 amide bonds. The van der Waals surface area contributed by atoms with Gasteiger partial charge in [-0.05, 0) is 30.5 Å². The summed E-state index contributed by atoms with van der Waals surface area (Å²) in [5.74, 6) is 0.711. The molecule has 1 aliphatic carbocycles. The molecule has 0 bridgehead atoms. The van der Waals surface area contributed by atoms with Crippen LogP contribution >= 0.6 is 0 Å². The van der Waals surface area contributed by atoms with Crippen molar-refractivity contribution in [2.24, 2.45) is 11.0 Å². The molecule has 2 aromatic carbocycles. The molecule has 6 nitrogen and oxygen atoms in total. The third-order valence-electron chi connectivity index (χ3n) is 5.96. The number of hydrogen-bond acceptors (Lipinski definition) is 4. The standard InChI is InChI=1S/C24H27N3O3/c1-26(24(29)18-10-6-11-18)16-23(28)27-22(17-8-4-3-5-9-17)15-21(25-27)19-12-7-13-20(14-19)30-2/h3-5,7-9,12-14,18,22H,6,10-11,15-16H2,1-2H3/t22-/m1/s1. The van der Waals surface area contributed by atoms with E-state index in [2.05, 4.69) is 5.10 Å². The SMILES string of the molecule is COc1cccc(C2=NN(C(=O)CN(C)C(=O)C3CCC3)[C@@H](c3ccccc3)C2)c1. The molecule has 2 aliphatic rings. The first-order chi connectivity index (χ1) is 14.6. The zero-order valence-electron chi connectivity index (χ0n) is 17.5. The molecule has 0 spiro atoms. The quantitative estimate of drug-likeness (QED) is 0.737. The van der Waals surface area contributed by atoms with Crippen molar-refractivity contribution in [3.63, 3.8) is 0 Å². The average Bonchev–Trinajstić information content (AvgIpc) is 3.19. The van der Waals surface area contributed by atoms with Gasteiger partial charge < -0.3 is 9.64 Å². The second kappa shape index (κ2) is 8.69. The minimum absolute atomic E-state index is 0.0353. The van der Waals surface area contributed by atoms with E-state index in [1.165, 1.54) is 0 Å². The molecule has 156 valence electrons. The highest BCUT2D eigenvalue weighted by atomic mass is 16.5. The third-order valence-corrected chi connectivity index (χ3v) is 5.96. The van der Waals surface area contributed by atoms with E-state index in [4.69, 9.17) is 4.74 Å². The van der Waals surface area contributed by atoms with Gasteiger partial charge >= 0.3 is 0 Å².